The van der Waals surface area contributed by atoms with E-state index in [4.69, 9.17) is 12.2 Å². The predicted octanol–water partition coefficient (Wildman–Crippen LogP) is 3.92. The molecule has 0 aliphatic rings. The molecule has 2 aromatic heterocycles. The lowest BCUT2D eigenvalue weighted by molar-refractivity contribution is -0.116. The Morgan fingerprint density at radius 1 is 1.14 bits per heavy atom. The van der Waals surface area contributed by atoms with Crippen molar-refractivity contribution in [3.05, 3.63) is 58.9 Å². The molecule has 0 atom stereocenters. The lowest BCUT2D eigenvalue weighted by Crippen LogP contribution is -2.21. The van der Waals surface area contributed by atoms with Gasteiger partial charge in [-0.3, -0.25) is 19.8 Å². The zero-order chi connectivity index (χ0) is 19.7. The quantitative estimate of drug-likeness (QED) is 0.505. The van der Waals surface area contributed by atoms with Gasteiger partial charge in [-0.05, 0) is 38.2 Å². The van der Waals surface area contributed by atoms with Gasteiger partial charge in [0.1, 0.15) is 6.54 Å². The van der Waals surface area contributed by atoms with Gasteiger partial charge in [-0.2, -0.15) is 5.10 Å². The largest absolute Gasteiger partial charge is 0.310 e. The van der Waals surface area contributed by atoms with E-state index in [0.717, 1.165) is 22.2 Å². The third-order valence-corrected chi connectivity index (χ3v) is 4.90. The van der Waals surface area contributed by atoms with Crippen LogP contribution in [0.25, 0.3) is 22.4 Å². The molecule has 4 rings (SSSR count). The highest BCUT2D eigenvalue weighted by Gasteiger charge is 2.15. The molecule has 8 heteroatoms. The van der Waals surface area contributed by atoms with Crippen LogP contribution in [-0.4, -0.2) is 30.2 Å². The molecule has 2 heterocycles. The van der Waals surface area contributed by atoms with Crippen LogP contribution in [0.1, 0.15) is 12.5 Å². The normalized spacial score (nSPS) is 11.1. The van der Waals surface area contributed by atoms with Crippen LogP contribution in [0.5, 0.6) is 0 Å². The van der Waals surface area contributed by atoms with Crippen LogP contribution in [0.2, 0.25) is 0 Å². The number of benzene rings is 2. The number of imidazole rings is 1. The number of H-pyrrole nitrogens is 1. The second kappa shape index (κ2) is 7.40. The number of rotatable bonds is 5. The number of aromatic amines is 1. The van der Waals surface area contributed by atoms with Gasteiger partial charge in [0.2, 0.25) is 11.9 Å². The number of nitrogens with one attached hydrogen (secondary N) is 2. The van der Waals surface area contributed by atoms with E-state index in [2.05, 4.69) is 20.5 Å². The van der Waals surface area contributed by atoms with Gasteiger partial charge in [-0.15, -0.1) is 0 Å². The molecule has 2 N–H and O–H groups in total. The van der Waals surface area contributed by atoms with Crippen molar-refractivity contribution >= 4 is 35.1 Å². The molecule has 0 spiro atoms. The van der Waals surface area contributed by atoms with E-state index in [9.17, 15) is 4.79 Å². The standard InChI is InChI=1S/C20H20N6OS/c1-3-25-16-7-5-4-6-15(16)21-19(25)22-17(27)12-26-18(23-24-20(26)28)14-10-8-13(2)9-11-14/h4-11H,3,12H2,1-2H3,(H,24,28)(H,21,22,27). The Labute approximate surface area is 167 Å². The molecule has 28 heavy (non-hydrogen) atoms. The minimum atomic E-state index is -0.212. The third-order valence-electron chi connectivity index (χ3n) is 4.59. The van der Waals surface area contributed by atoms with Crippen LogP contribution in [0, 0.1) is 11.7 Å². The fourth-order valence-electron chi connectivity index (χ4n) is 3.19. The van der Waals surface area contributed by atoms with Crippen LogP contribution in [0.4, 0.5) is 5.95 Å². The summed E-state index contributed by atoms with van der Waals surface area (Å²) in [6.45, 7) is 4.79. The number of anilines is 1. The molecule has 0 unspecified atom stereocenters. The smallest absolute Gasteiger partial charge is 0.246 e. The summed E-state index contributed by atoms with van der Waals surface area (Å²) >= 11 is 5.33. The Morgan fingerprint density at radius 2 is 1.89 bits per heavy atom. The first-order valence-electron chi connectivity index (χ1n) is 9.04. The number of fused-ring (bicyclic) bond motifs is 1. The zero-order valence-corrected chi connectivity index (χ0v) is 16.5. The summed E-state index contributed by atoms with van der Waals surface area (Å²) in [7, 11) is 0. The summed E-state index contributed by atoms with van der Waals surface area (Å²) in [5.41, 5.74) is 3.88. The van der Waals surface area contributed by atoms with E-state index in [1.165, 1.54) is 0 Å². The van der Waals surface area contributed by atoms with Crippen molar-refractivity contribution in [3.63, 3.8) is 0 Å². The molecule has 0 saturated carbocycles. The SMILES string of the molecule is CCn1c(NC(=O)Cn2c(-c3ccc(C)cc3)n[nH]c2=S)nc2ccccc21. The number of hydrogen-bond acceptors (Lipinski definition) is 4. The molecule has 0 radical (unpaired) electrons. The minimum absolute atomic E-state index is 0.0471. The van der Waals surface area contributed by atoms with Crippen molar-refractivity contribution in [1.82, 2.24) is 24.3 Å². The number of amides is 1. The average Bonchev–Trinajstić information content (AvgIpc) is 3.22. The Balaban J connectivity index is 1.61. The maximum atomic E-state index is 12.7. The Morgan fingerprint density at radius 3 is 2.64 bits per heavy atom. The van der Waals surface area contributed by atoms with Crippen LogP contribution in [-0.2, 0) is 17.9 Å². The fraction of sp³-hybridized carbons (Fsp3) is 0.200. The molecule has 0 aliphatic heterocycles. The van der Waals surface area contributed by atoms with Crippen LogP contribution < -0.4 is 5.32 Å². The van der Waals surface area contributed by atoms with Crippen molar-refractivity contribution in [2.24, 2.45) is 0 Å². The van der Waals surface area contributed by atoms with Gasteiger partial charge < -0.3 is 4.57 Å². The highest BCUT2D eigenvalue weighted by atomic mass is 32.1. The van der Waals surface area contributed by atoms with Gasteiger partial charge in [-0.1, -0.05) is 42.0 Å². The molecule has 0 saturated heterocycles. The topological polar surface area (TPSA) is 80.5 Å². The molecular formula is C20H20N6OS. The molecule has 0 aliphatic carbocycles. The first-order chi connectivity index (χ1) is 13.6. The number of carbonyl (C=O) groups is 1. The summed E-state index contributed by atoms with van der Waals surface area (Å²) in [4.78, 5) is 17.3. The van der Waals surface area contributed by atoms with Crippen molar-refractivity contribution < 1.29 is 4.79 Å². The molecule has 1 amide bonds. The van der Waals surface area contributed by atoms with E-state index in [-0.39, 0.29) is 12.5 Å². The number of aromatic nitrogens is 5. The first kappa shape index (κ1) is 18.1. The Kier molecular flexibility index (Phi) is 4.79. The molecule has 7 nitrogen and oxygen atoms in total. The maximum Gasteiger partial charge on any atom is 0.246 e. The van der Waals surface area contributed by atoms with Gasteiger partial charge in [0.25, 0.3) is 0 Å². The van der Waals surface area contributed by atoms with E-state index < -0.39 is 0 Å². The van der Waals surface area contributed by atoms with Gasteiger partial charge in [0.05, 0.1) is 11.0 Å². The van der Waals surface area contributed by atoms with E-state index in [1.54, 1.807) is 4.57 Å². The minimum Gasteiger partial charge on any atom is -0.310 e. The number of aryl methyl sites for hydroxylation is 2. The van der Waals surface area contributed by atoms with Crippen LogP contribution in [0.15, 0.2) is 48.5 Å². The van der Waals surface area contributed by atoms with Gasteiger partial charge in [0.15, 0.2) is 10.6 Å². The summed E-state index contributed by atoms with van der Waals surface area (Å²) in [6, 6.07) is 15.7. The number of carbonyl (C=O) groups excluding carboxylic acids is 1. The first-order valence-corrected chi connectivity index (χ1v) is 9.45. The molecule has 4 aromatic rings. The molecule has 0 bridgehead atoms. The second-order valence-electron chi connectivity index (χ2n) is 6.52. The molecular weight excluding hydrogens is 372 g/mol. The lowest BCUT2D eigenvalue weighted by atomic mass is 10.1. The molecule has 0 fully saturated rings. The zero-order valence-electron chi connectivity index (χ0n) is 15.6. The summed E-state index contributed by atoms with van der Waals surface area (Å²) in [6.07, 6.45) is 0. The fourth-order valence-corrected chi connectivity index (χ4v) is 3.38. The van der Waals surface area contributed by atoms with Gasteiger partial charge >= 0.3 is 0 Å². The summed E-state index contributed by atoms with van der Waals surface area (Å²) in [5, 5.41) is 9.98. The number of hydrogen-bond donors (Lipinski definition) is 2. The van der Waals surface area contributed by atoms with E-state index in [1.807, 2.05) is 66.9 Å². The molecule has 142 valence electrons. The number of nitrogens with zero attached hydrogens (tertiary/aromatic N) is 4. The highest BCUT2D eigenvalue weighted by Crippen LogP contribution is 2.20. The van der Waals surface area contributed by atoms with Crippen LogP contribution in [0.3, 0.4) is 0 Å². The maximum absolute atomic E-state index is 12.7. The lowest BCUT2D eigenvalue weighted by Gasteiger charge is -2.09. The van der Waals surface area contributed by atoms with E-state index >= 15 is 0 Å². The highest BCUT2D eigenvalue weighted by molar-refractivity contribution is 7.71. The van der Waals surface area contributed by atoms with Gasteiger partial charge in [0, 0.05) is 12.1 Å². The Bertz CT molecular complexity index is 1200. The van der Waals surface area contributed by atoms with E-state index in [0.29, 0.717) is 23.1 Å². The van der Waals surface area contributed by atoms with Gasteiger partial charge in [-0.25, -0.2) is 4.98 Å². The summed E-state index contributed by atoms with van der Waals surface area (Å²) in [5.74, 6) is 0.945. The summed E-state index contributed by atoms with van der Waals surface area (Å²) < 4.78 is 4.06. The average molecular weight is 392 g/mol. The van der Waals surface area contributed by atoms with Crippen molar-refractivity contribution in [3.8, 4) is 11.4 Å². The third kappa shape index (κ3) is 3.34. The Hall–Kier alpha value is -3.26. The second-order valence-corrected chi connectivity index (χ2v) is 6.91. The number of para-hydroxylation sites is 2. The van der Waals surface area contributed by atoms with Crippen molar-refractivity contribution in [1.29, 1.82) is 0 Å². The van der Waals surface area contributed by atoms with Crippen molar-refractivity contribution in [2.45, 2.75) is 26.9 Å². The molecule has 2 aromatic carbocycles. The van der Waals surface area contributed by atoms with Crippen molar-refractivity contribution in [2.75, 3.05) is 5.32 Å². The monoisotopic (exact) mass is 392 g/mol. The predicted molar refractivity (Wildman–Crippen MR) is 112 cm³/mol. The van der Waals surface area contributed by atoms with Crippen LogP contribution >= 0.6 is 12.2 Å².